The van der Waals surface area contributed by atoms with E-state index in [2.05, 4.69) is 4.98 Å². The van der Waals surface area contributed by atoms with E-state index in [0.717, 1.165) is 0 Å². The van der Waals surface area contributed by atoms with Crippen molar-refractivity contribution < 1.29 is 14.6 Å². The molecule has 0 unspecified atom stereocenters. The number of ether oxygens (including phenoxy) is 1. The maximum Gasteiger partial charge on any atom is 0.339 e. The van der Waals surface area contributed by atoms with Gasteiger partial charge in [-0.2, -0.15) is 0 Å². The predicted octanol–water partition coefficient (Wildman–Crippen LogP) is 2.36. The molecule has 0 saturated heterocycles. The molecule has 1 aromatic carbocycles. The van der Waals surface area contributed by atoms with Gasteiger partial charge in [0.25, 0.3) is 0 Å². The number of carboxylic acid groups (broad SMARTS) is 1. The van der Waals surface area contributed by atoms with Gasteiger partial charge in [0, 0.05) is 5.54 Å². The molecule has 7 heteroatoms. The van der Waals surface area contributed by atoms with Crippen LogP contribution in [0, 0.1) is 6.92 Å². The van der Waals surface area contributed by atoms with Crippen molar-refractivity contribution >= 4 is 35.0 Å². The SMILES string of the molecule is Cc1nc2cccc(OCC(C)(C)N)c2c(N)c1C(=O)O.Cl. The van der Waals surface area contributed by atoms with E-state index in [1.165, 1.54) is 0 Å². The highest BCUT2D eigenvalue weighted by Gasteiger charge is 2.20. The molecule has 0 aliphatic rings. The summed E-state index contributed by atoms with van der Waals surface area (Å²) in [4.78, 5) is 15.6. The summed E-state index contributed by atoms with van der Waals surface area (Å²) in [6, 6.07) is 5.28. The van der Waals surface area contributed by atoms with Crippen LogP contribution in [0.25, 0.3) is 10.9 Å². The van der Waals surface area contributed by atoms with Gasteiger partial charge in [0.05, 0.1) is 22.3 Å². The minimum absolute atomic E-state index is 0. The van der Waals surface area contributed by atoms with Crippen molar-refractivity contribution in [2.75, 3.05) is 12.3 Å². The van der Waals surface area contributed by atoms with E-state index in [1.54, 1.807) is 25.1 Å². The Morgan fingerprint density at radius 2 is 2.05 bits per heavy atom. The van der Waals surface area contributed by atoms with Crippen LogP contribution < -0.4 is 16.2 Å². The molecule has 1 aromatic heterocycles. The highest BCUT2D eigenvalue weighted by molar-refractivity contribution is 6.06. The van der Waals surface area contributed by atoms with Crippen molar-refractivity contribution in [3.63, 3.8) is 0 Å². The Labute approximate surface area is 134 Å². The fourth-order valence-corrected chi connectivity index (χ4v) is 2.09. The van der Waals surface area contributed by atoms with Gasteiger partial charge in [-0.3, -0.25) is 4.98 Å². The molecule has 6 nitrogen and oxygen atoms in total. The molecule has 0 bridgehead atoms. The van der Waals surface area contributed by atoms with E-state index in [9.17, 15) is 9.90 Å². The number of anilines is 1. The third-order valence-electron chi connectivity index (χ3n) is 3.01. The number of pyridine rings is 1. The fourth-order valence-electron chi connectivity index (χ4n) is 2.09. The van der Waals surface area contributed by atoms with E-state index in [4.69, 9.17) is 16.2 Å². The van der Waals surface area contributed by atoms with Crippen LogP contribution >= 0.6 is 12.4 Å². The molecule has 22 heavy (non-hydrogen) atoms. The quantitative estimate of drug-likeness (QED) is 0.795. The Kier molecular flexibility index (Phi) is 5.22. The number of benzene rings is 1. The molecule has 1 heterocycles. The van der Waals surface area contributed by atoms with Crippen molar-refractivity contribution in [3.05, 3.63) is 29.5 Å². The summed E-state index contributed by atoms with van der Waals surface area (Å²) < 4.78 is 5.70. The third kappa shape index (κ3) is 3.58. The Morgan fingerprint density at radius 3 is 2.59 bits per heavy atom. The third-order valence-corrected chi connectivity index (χ3v) is 3.01. The maximum absolute atomic E-state index is 11.3. The standard InChI is InChI=1S/C15H19N3O3.ClH/c1-8-11(14(19)20)13(16)12-9(18-8)5-4-6-10(12)21-7-15(2,3)17;/h4-6H,7,17H2,1-3H3,(H2,16,18)(H,19,20);1H. The minimum Gasteiger partial charge on any atom is -0.491 e. The second-order valence-electron chi connectivity index (χ2n) is 5.72. The Bertz CT molecular complexity index is 711. The number of fused-ring (bicyclic) bond motifs is 1. The number of carbonyl (C=O) groups is 1. The molecule has 2 aromatic rings. The lowest BCUT2D eigenvalue weighted by atomic mass is 10.1. The predicted molar refractivity (Wildman–Crippen MR) is 88.9 cm³/mol. The molecule has 0 aliphatic heterocycles. The highest BCUT2D eigenvalue weighted by Crippen LogP contribution is 2.33. The summed E-state index contributed by atoms with van der Waals surface area (Å²) in [7, 11) is 0. The molecule has 0 saturated carbocycles. The van der Waals surface area contributed by atoms with Gasteiger partial charge in [-0.15, -0.1) is 12.4 Å². The summed E-state index contributed by atoms with van der Waals surface area (Å²) in [6.45, 7) is 5.58. The van der Waals surface area contributed by atoms with Crippen LogP contribution in [-0.4, -0.2) is 28.2 Å². The zero-order valence-corrected chi connectivity index (χ0v) is 13.5. The number of nitrogens with two attached hydrogens (primary N) is 2. The molecule has 0 radical (unpaired) electrons. The summed E-state index contributed by atoms with van der Waals surface area (Å²) >= 11 is 0. The molecule has 0 amide bonds. The first-order valence-electron chi connectivity index (χ1n) is 6.54. The summed E-state index contributed by atoms with van der Waals surface area (Å²) in [5.41, 5.74) is 12.6. The van der Waals surface area contributed by atoms with Crippen molar-refractivity contribution in [1.29, 1.82) is 0 Å². The van der Waals surface area contributed by atoms with Crippen molar-refractivity contribution in [3.8, 4) is 5.75 Å². The summed E-state index contributed by atoms with van der Waals surface area (Å²) in [5.74, 6) is -0.619. The smallest absolute Gasteiger partial charge is 0.339 e. The summed E-state index contributed by atoms with van der Waals surface area (Å²) in [5, 5.41) is 9.78. The average Bonchev–Trinajstić information content (AvgIpc) is 2.34. The van der Waals surface area contributed by atoms with Crippen LogP contribution in [0.1, 0.15) is 29.9 Å². The van der Waals surface area contributed by atoms with E-state index in [-0.39, 0.29) is 30.3 Å². The minimum atomic E-state index is -1.10. The number of hydrogen-bond donors (Lipinski definition) is 3. The van der Waals surface area contributed by atoms with Gasteiger partial charge in [-0.1, -0.05) is 6.07 Å². The first kappa shape index (κ1) is 18.0. The lowest BCUT2D eigenvalue weighted by Crippen LogP contribution is -2.38. The lowest BCUT2D eigenvalue weighted by molar-refractivity contribution is 0.0697. The second-order valence-corrected chi connectivity index (χ2v) is 5.72. The fraction of sp³-hybridized carbons (Fsp3) is 0.333. The normalized spacial score (nSPS) is 11.1. The number of carboxylic acids is 1. The molecular formula is C15H20ClN3O3. The monoisotopic (exact) mass is 325 g/mol. The van der Waals surface area contributed by atoms with Gasteiger partial charge in [-0.25, -0.2) is 4.79 Å². The highest BCUT2D eigenvalue weighted by atomic mass is 35.5. The number of nitrogens with zero attached hydrogens (tertiary/aromatic N) is 1. The van der Waals surface area contributed by atoms with Gasteiger partial charge in [-0.05, 0) is 32.9 Å². The van der Waals surface area contributed by atoms with E-state index < -0.39 is 11.5 Å². The van der Waals surface area contributed by atoms with Gasteiger partial charge < -0.3 is 21.3 Å². The van der Waals surface area contributed by atoms with Gasteiger partial charge in [0.1, 0.15) is 17.9 Å². The largest absolute Gasteiger partial charge is 0.491 e. The lowest BCUT2D eigenvalue weighted by Gasteiger charge is -2.20. The van der Waals surface area contributed by atoms with Crippen molar-refractivity contribution in [2.45, 2.75) is 26.3 Å². The van der Waals surface area contributed by atoms with Gasteiger partial charge >= 0.3 is 5.97 Å². The van der Waals surface area contributed by atoms with Crippen molar-refractivity contribution in [2.24, 2.45) is 5.73 Å². The number of nitrogen functional groups attached to an aromatic ring is 1. The molecule has 0 aliphatic carbocycles. The van der Waals surface area contributed by atoms with Gasteiger partial charge in [0.2, 0.25) is 0 Å². The Hall–Kier alpha value is -2.05. The molecule has 0 atom stereocenters. The number of hydrogen-bond acceptors (Lipinski definition) is 5. The molecule has 2 rings (SSSR count). The van der Waals surface area contributed by atoms with Gasteiger partial charge in [0.15, 0.2) is 0 Å². The number of halogens is 1. The van der Waals surface area contributed by atoms with Crippen LogP contribution in [-0.2, 0) is 0 Å². The number of rotatable bonds is 4. The molecule has 120 valence electrons. The van der Waals surface area contributed by atoms with Crippen LogP contribution in [0.2, 0.25) is 0 Å². The maximum atomic E-state index is 11.3. The molecular weight excluding hydrogens is 306 g/mol. The topological polar surface area (TPSA) is 111 Å². The number of aromatic carboxylic acids is 1. The average molecular weight is 326 g/mol. The van der Waals surface area contributed by atoms with E-state index in [0.29, 0.717) is 22.3 Å². The second kappa shape index (κ2) is 6.37. The van der Waals surface area contributed by atoms with Crippen LogP contribution in [0.4, 0.5) is 5.69 Å². The number of aryl methyl sites for hydroxylation is 1. The summed E-state index contributed by atoms with van der Waals surface area (Å²) in [6.07, 6.45) is 0. The van der Waals surface area contributed by atoms with Crippen LogP contribution in [0.3, 0.4) is 0 Å². The molecule has 0 spiro atoms. The zero-order valence-electron chi connectivity index (χ0n) is 12.7. The van der Waals surface area contributed by atoms with E-state index >= 15 is 0 Å². The first-order chi connectivity index (χ1) is 9.70. The van der Waals surface area contributed by atoms with Crippen molar-refractivity contribution in [1.82, 2.24) is 4.98 Å². The van der Waals surface area contributed by atoms with Crippen LogP contribution in [0.5, 0.6) is 5.75 Å². The van der Waals surface area contributed by atoms with Crippen LogP contribution in [0.15, 0.2) is 18.2 Å². The zero-order chi connectivity index (χ0) is 15.8. The molecule has 0 fully saturated rings. The molecule has 5 N–H and O–H groups in total. The first-order valence-corrected chi connectivity index (χ1v) is 6.54. The van der Waals surface area contributed by atoms with E-state index in [1.807, 2.05) is 13.8 Å². The Morgan fingerprint density at radius 1 is 1.41 bits per heavy atom. The Balaban J connectivity index is 0.00000242. The number of aromatic nitrogens is 1.